The van der Waals surface area contributed by atoms with E-state index in [1.165, 1.54) is 0 Å². The number of imidazole rings is 1. The predicted molar refractivity (Wildman–Crippen MR) is 58.7 cm³/mol. The number of nitrogens with zero attached hydrogens (tertiary/aromatic N) is 3. The Labute approximate surface area is 86.7 Å². The number of hydrogen-bond acceptors (Lipinski definition) is 2. The molecule has 14 heavy (non-hydrogen) atoms. The van der Waals surface area contributed by atoms with Crippen LogP contribution in [0.4, 0.5) is 0 Å². The van der Waals surface area contributed by atoms with E-state index >= 15 is 0 Å². The van der Waals surface area contributed by atoms with Gasteiger partial charge >= 0.3 is 0 Å². The third kappa shape index (κ3) is 2.77. The Hall–Kier alpha value is -0.970. The standard InChI is InChI=1S/C9H15N3OS/c1-9(2,3)14(13)11-6-8-5-10-7-12(8)4/h5-7H,1-4H3/t14-/m1/s1. The van der Waals surface area contributed by atoms with Crippen molar-refractivity contribution >= 4 is 17.2 Å². The Morgan fingerprint density at radius 3 is 2.64 bits per heavy atom. The quantitative estimate of drug-likeness (QED) is 0.695. The molecule has 5 heteroatoms. The number of aryl methyl sites for hydroxylation is 1. The fraction of sp³-hybridized carbons (Fsp3) is 0.556. The summed E-state index contributed by atoms with van der Waals surface area (Å²) in [5.74, 6) is 0. The van der Waals surface area contributed by atoms with Gasteiger partial charge in [0.05, 0.1) is 29.2 Å². The van der Waals surface area contributed by atoms with Gasteiger partial charge in [-0.2, -0.15) is 4.40 Å². The van der Waals surface area contributed by atoms with E-state index in [0.29, 0.717) is 0 Å². The van der Waals surface area contributed by atoms with Crippen LogP contribution in [0.25, 0.3) is 0 Å². The van der Waals surface area contributed by atoms with Crippen molar-refractivity contribution in [1.82, 2.24) is 9.55 Å². The molecule has 0 saturated carbocycles. The molecular formula is C9H15N3OS. The van der Waals surface area contributed by atoms with Gasteiger partial charge in [-0.05, 0) is 20.8 Å². The van der Waals surface area contributed by atoms with Gasteiger partial charge < -0.3 is 4.57 Å². The molecule has 1 aromatic rings. The molecule has 0 aliphatic heterocycles. The summed E-state index contributed by atoms with van der Waals surface area (Å²) in [5.41, 5.74) is 0.850. The summed E-state index contributed by atoms with van der Waals surface area (Å²) in [4.78, 5) is 3.93. The lowest BCUT2D eigenvalue weighted by Gasteiger charge is -2.12. The fourth-order valence-corrected chi connectivity index (χ4v) is 1.27. The zero-order chi connectivity index (χ0) is 10.8. The Balaban J connectivity index is 2.75. The first kappa shape index (κ1) is 11.1. The van der Waals surface area contributed by atoms with Crippen LogP contribution in [0.1, 0.15) is 26.5 Å². The maximum absolute atomic E-state index is 11.6. The second kappa shape index (κ2) is 4.04. The molecule has 1 atom stereocenters. The molecule has 4 nitrogen and oxygen atoms in total. The summed E-state index contributed by atoms with van der Waals surface area (Å²) >= 11 is 0. The summed E-state index contributed by atoms with van der Waals surface area (Å²) in [7, 11) is 0.668. The van der Waals surface area contributed by atoms with Crippen LogP contribution < -0.4 is 0 Å². The molecule has 1 heterocycles. The molecule has 0 spiro atoms. The van der Waals surface area contributed by atoms with E-state index in [2.05, 4.69) is 9.38 Å². The average molecular weight is 213 g/mol. The van der Waals surface area contributed by atoms with E-state index in [4.69, 9.17) is 0 Å². The molecule has 0 radical (unpaired) electrons. The molecule has 0 fully saturated rings. The van der Waals surface area contributed by atoms with Crippen LogP contribution in [-0.2, 0) is 18.0 Å². The normalized spacial score (nSPS) is 14.9. The monoisotopic (exact) mass is 213 g/mol. The minimum absolute atomic E-state index is 0.310. The first-order chi connectivity index (χ1) is 6.41. The second-order valence-electron chi connectivity index (χ2n) is 4.03. The van der Waals surface area contributed by atoms with E-state index in [0.717, 1.165) is 5.69 Å². The summed E-state index contributed by atoms with van der Waals surface area (Å²) in [6.07, 6.45) is 4.96. The Morgan fingerprint density at radius 2 is 2.21 bits per heavy atom. The zero-order valence-corrected chi connectivity index (χ0v) is 9.71. The second-order valence-corrected chi connectivity index (χ2v) is 5.96. The van der Waals surface area contributed by atoms with Crippen LogP contribution >= 0.6 is 0 Å². The van der Waals surface area contributed by atoms with Gasteiger partial charge in [-0.3, -0.25) is 0 Å². The Morgan fingerprint density at radius 1 is 1.57 bits per heavy atom. The maximum atomic E-state index is 11.6. The third-order valence-corrected chi connectivity index (χ3v) is 3.00. The van der Waals surface area contributed by atoms with Crippen molar-refractivity contribution in [1.29, 1.82) is 0 Å². The van der Waals surface area contributed by atoms with Crippen molar-refractivity contribution < 1.29 is 4.21 Å². The lowest BCUT2D eigenvalue weighted by Crippen LogP contribution is -2.19. The molecule has 0 saturated heterocycles. The van der Waals surface area contributed by atoms with E-state index in [9.17, 15) is 4.21 Å². The SMILES string of the molecule is Cn1cncc1C=N[S@](=O)C(C)(C)C. The van der Waals surface area contributed by atoms with Crippen LogP contribution in [-0.4, -0.2) is 24.7 Å². The van der Waals surface area contributed by atoms with Crippen molar-refractivity contribution in [3.8, 4) is 0 Å². The third-order valence-electron chi connectivity index (χ3n) is 1.66. The number of hydrogen-bond donors (Lipinski definition) is 0. The minimum Gasteiger partial charge on any atom is -0.333 e. The van der Waals surface area contributed by atoms with Crippen LogP contribution in [0.2, 0.25) is 0 Å². The first-order valence-corrected chi connectivity index (χ1v) is 5.44. The summed E-state index contributed by atoms with van der Waals surface area (Å²) in [6.45, 7) is 5.68. The molecule has 0 N–H and O–H groups in total. The molecule has 0 aliphatic carbocycles. The topological polar surface area (TPSA) is 47.2 Å². The molecule has 78 valence electrons. The van der Waals surface area contributed by atoms with Gasteiger partial charge in [-0.25, -0.2) is 9.19 Å². The highest BCUT2D eigenvalue weighted by molar-refractivity contribution is 7.85. The Kier molecular flexibility index (Phi) is 3.21. The van der Waals surface area contributed by atoms with Gasteiger partial charge in [-0.15, -0.1) is 0 Å². The molecule has 0 aliphatic rings. The fourth-order valence-electron chi connectivity index (χ4n) is 0.752. The molecular weight excluding hydrogens is 198 g/mol. The lowest BCUT2D eigenvalue weighted by molar-refractivity contribution is 0.651. The molecule has 0 bridgehead atoms. The highest BCUT2D eigenvalue weighted by Gasteiger charge is 2.18. The maximum Gasteiger partial charge on any atom is 0.144 e. The van der Waals surface area contributed by atoms with Gasteiger partial charge in [0, 0.05) is 7.05 Å². The molecule has 0 amide bonds. The van der Waals surface area contributed by atoms with Gasteiger partial charge in [0.15, 0.2) is 0 Å². The molecule has 0 aromatic carbocycles. The number of rotatable bonds is 2. The Bertz CT molecular complexity index is 362. The highest BCUT2D eigenvalue weighted by atomic mass is 32.2. The van der Waals surface area contributed by atoms with Crippen molar-refractivity contribution in [3.63, 3.8) is 0 Å². The molecule has 0 unspecified atom stereocenters. The zero-order valence-electron chi connectivity index (χ0n) is 8.89. The molecule has 1 rings (SSSR count). The van der Waals surface area contributed by atoms with E-state index < -0.39 is 11.0 Å². The smallest absolute Gasteiger partial charge is 0.144 e. The van der Waals surface area contributed by atoms with Gasteiger partial charge in [0.25, 0.3) is 0 Å². The van der Waals surface area contributed by atoms with E-state index in [1.54, 1.807) is 18.7 Å². The van der Waals surface area contributed by atoms with E-state index in [1.807, 2.05) is 32.4 Å². The van der Waals surface area contributed by atoms with Crippen LogP contribution in [0.3, 0.4) is 0 Å². The van der Waals surface area contributed by atoms with Crippen LogP contribution in [0.15, 0.2) is 16.9 Å². The number of aromatic nitrogens is 2. The largest absolute Gasteiger partial charge is 0.333 e. The van der Waals surface area contributed by atoms with Crippen molar-refractivity contribution in [2.75, 3.05) is 0 Å². The molecule has 1 aromatic heterocycles. The van der Waals surface area contributed by atoms with Crippen molar-refractivity contribution in [2.45, 2.75) is 25.5 Å². The van der Waals surface area contributed by atoms with Gasteiger partial charge in [-0.1, -0.05) is 0 Å². The predicted octanol–water partition coefficient (Wildman–Crippen LogP) is 1.30. The summed E-state index contributed by atoms with van der Waals surface area (Å²) < 4.78 is 17.1. The van der Waals surface area contributed by atoms with Crippen LogP contribution in [0, 0.1) is 0 Å². The lowest BCUT2D eigenvalue weighted by atomic mass is 10.3. The van der Waals surface area contributed by atoms with Gasteiger partial charge in [0.1, 0.15) is 11.0 Å². The van der Waals surface area contributed by atoms with Gasteiger partial charge in [0.2, 0.25) is 0 Å². The van der Waals surface area contributed by atoms with Crippen molar-refractivity contribution in [2.24, 2.45) is 11.4 Å². The summed E-state index contributed by atoms with van der Waals surface area (Å²) in [5, 5.41) is 0. The first-order valence-electron chi connectivity index (χ1n) is 4.33. The van der Waals surface area contributed by atoms with Crippen LogP contribution in [0.5, 0.6) is 0 Å². The van der Waals surface area contributed by atoms with E-state index in [-0.39, 0.29) is 4.75 Å². The minimum atomic E-state index is -1.20. The summed E-state index contributed by atoms with van der Waals surface area (Å²) in [6, 6.07) is 0. The average Bonchev–Trinajstić information content (AvgIpc) is 2.45. The highest BCUT2D eigenvalue weighted by Crippen LogP contribution is 2.11. The van der Waals surface area contributed by atoms with Crippen molar-refractivity contribution in [3.05, 3.63) is 18.2 Å².